The van der Waals surface area contributed by atoms with Gasteiger partial charge in [0.05, 0.1) is 0 Å². The smallest absolute Gasteiger partial charge is 0.325 e. The van der Waals surface area contributed by atoms with E-state index in [4.69, 9.17) is 4.52 Å². The largest absolute Gasteiger partial charge is 0.337 e. The van der Waals surface area contributed by atoms with Gasteiger partial charge in [0, 0.05) is 10.9 Å². The van der Waals surface area contributed by atoms with Crippen molar-refractivity contribution in [1.29, 1.82) is 0 Å². The van der Waals surface area contributed by atoms with Crippen molar-refractivity contribution < 1.29 is 14.1 Å². The van der Waals surface area contributed by atoms with Gasteiger partial charge in [-0.1, -0.05) is 43.3 Å². The first-order chi connectivity index (χ1) is 13.4. The van der Waals surface area contributed by atoms with Crippen LogP contribution in [0.15, 0.2) is 45.6 Å². The van der Waals surface area contributed by atoms with Crippen LogP contribution in [0.5, 0.6) is 0 Å². The third kappa shape index (κ3) is 3.09. The molecule has 8 heteroatoms. The van der Waals surface area contributed by atoms with E-state index in [2.05, 4.69) is 29.3 Å². The summed E-state index contributed by atoms with van der Waals surface area (Å²) in [6.45, 7) is 5.86. The highest BCUT2D eigenvalue weighted by molar-refractivity contribution is 7.08. The van der Waals surface area contributed by atoms with Crippen LogP contribution < -0.4 is 5.32 Å². The molecule has 1 fully saturated rings. The van der Waals surface area contributed by atoms with Gasteiger partial charge in [0.1, 0.15) is 12.1 Å². The maximum atomic E-state index is 13.1. The van der Waals surface area contributed by atoms with Gasteiger partial charge in [-0.05, 0) is 35.4 Å². The molecule has 3 amide bonds. The van der Waals surface area contributed by atoms with Crippen molar-refractivity contribution in [2.75, 3.05) is 0 Å². The molecule has 3 heterocycles. The van der Waals surface area contributed by atoms with E-state index in [1.165, 1.54) is 16.9 Å². The Morgan fingerprint density at radius 2 is 1.96 bits per heavy atom. The summed E-state index contributed by atoms with van der Waals surface area (Å²) < 4.78 is 5.23. The van der Waals surface area contributed by atoms with Crippen LogP contribution in [-0.4, -0.2) is 27.0 Å². The van der Waals surface area contributed by atoms with Gasteiger partial charge in [0.2, 0.25) is 11.7 Å². The Morgan fingerprint density at radius 1 is 1.21 bits per heavy atom. The van der Waals surface area contributed by atoms with Crippen LogP contribution in [0.1, 0.15) is 43.7 Å². The highest BCUT2D eigenvalue weighted by Gasteiger charge is 2.49. The Labute approximate surface area is 166 Å². The quantitative estimate of drug-likeness (QED) is 0.661. The van der Waals surface area contributed by atoms with E-state index < -0.39 is 11.6 Å². The molecule has 0 spiro atoms. The molecule has 0 radical (unpaired) electrons. The number of urea groups is 1. The second-order valence-corrected chi connectivity index (χ2v) is 8.03. The molecule has 0 bridgehead atoms. The topological polar surface area (TPSA) is 88.3 Å². The van der Waals surface area contributed by atoms with Crippen LogP contribution in [0.2, 0.25) is 0 Å². The number of carbonyl (C=O) groups is 2. The normalized spacial score (nSPS) is 19.5. The molecule has 0 aliphatic carbocycles. The zero-order valence-electron chi connectivity index (χ0n) is 15.8. The average Bonchev–Trinajstić information content (AvgIpc) is 3.40. The molecule has 1 saturated heterocycles. The van der Waals surface area contributed by atoms with E-state index in [0.29, 0.717) is 11.7 Å². The van der Waals surface area contributed by atoms with Crippen LogP contribution in [-0.2, 0) is 16.9 Å². The number of hydrogen-bond donors (Lipinski definition) is 1. The predicted octanol–water partition coefficient (Wildman–Crippen LogP) is 3.89. The summed E-state index contributed by atoms with van der Waals surface area (Å²) >= 11 is 1.53. The maximum absolute atomic E-state index is 13.1. The lowest BCUT2D eigenvalue weighted by Crippen LogP contribution is -2.40. The van der Waals surface area contributed by atoms with Crippen molar-refractivity contribution in [2.24, 2.45) is 0 Å². The van der Waals surface area contributed by atoms with Gasteiger partial charge in [0.25, 0.3) is 5.91 Å². The van der Waals surface area contributed by atoms with Gasteiger partial charge in [-0.25, -0.2) is 4.79 Å². The summed E-state index contributed by atoms with van der Waals surface area (Å²) in [6.07, 6.45) is 0. The molecule has 28 heavy (non-hydrogen) atoms. The minimum Gasteiger partial charge on any atom is -0.337 e. The second-order valence-electron chi connectivity index (χ2n) is 7.25. The van der Waals surface area contributed by atoms with Crippen LogP contribution in [0.3, 0.4) is 0 Å². The average molecular weight is 396 g/mol. The highest BCUT2D eigenvalue weighted by Crippen LogP contribution is 2.31. The summed E-state index contributed by atoms with van der Waals surface area (Å²) in [5.41, 5.74) is 1.63. The van der Waals surface area contributed by atoms with Gasteiger partial charge in [-0.15, -0.1) is 0 Å². The molecule has 3 aromatic rings. The summed E-state index contributed by atoms with van der Waals surface area (Å²) in [4.78, 5) is 30.9. The number of thiophene rings is 1. The van der Waals surface area contributed by atoms with E-state index in [0.717, 1.165) is 16.0 Å². The monoisotopic (exact) mass is 396 g/mol. The standard InChI is InChI=1S/C20H20N4O3S/c1-12(2)13-4-6-15(7-5-13)20(3)18(25)24(19(26)22-20)10-16-21-17(23-27-16)14-8-9-28-11-14/h4-9,11-12H,10H2,1-3H3,(H,22,26)/t20-/m0/s1. The van der Waals surface area contributed by atoms with Crippen LogP contribution in [0, 0.1) is 0 Å². The lowest BCUT2D eigenvalue weighted by Gasteiger charge is -2.22. The Balaban J connectivity index is 1.55. The van der Waals surface area contributed by atoms with Gasteiger partial charge >= 0.3 is 6.03 Å². The van der Waals surface area contributed by atoms with E-state index in [-0.39, 0.29) is 18.3 Å². The molecule has 1 aliphatic rings. The molecule has 144 valence electrons. The van der Waals surface area contributed by atoms with Gasteiger partial charge < -0.3 is 9.84 Å². The highest BCUT2D eigenvalue weighted by atomic mass is 32.1. The van der Waals surface area contributed by atoms with Gasteiger partial charge in [0.15, 0.2) is 0 Å². The number of imide groups is 1. The Morgan fingerprint density at radius 3 is 2.61 bits per heavy atom. The SMILES string of the molecule is CC(C)c1ccc([C@]2(C)NC(=O)N(Cc3nc(-c4ccsc4)no3)C2=O)cc1. The molecule has 1 aliphatic heterocycles. The van der Waals surface area contributed by atoms with Crippen molar-refractivity contribution >= 4 is 23.3 Å². The zero-order valence-corrected chi connectivity index (χ0v) is 16.6. The van der Waals surface area contributed by atoms with E-state index in [1.807, 2.05) is 41.1 Å². The fraction of sp³-hybridized carbons (Fsp3) is 0.300. The molecule has 1 aromatic carbocycles. The first kappa shape index (κ1) is 18.4. The molecule has 1 N–H and O–H groups in total. The maximum Gasteiger partial charge on any atom is 0.325 e. The Bertz CT molecular complexity index is 1010. The van der Waals surface area contributed by atoms with Crippen LogP contribution in [0.25, 0.3) is 11.4 Å². The second kappa shape index (κ2) is 6.87. The molecule has 0 saturated carbocycles. The van der Waals surface area contributed by atoms with Gasteiger partial charge in [-0.2, -0.15) is 16.3 Å². The lowest BCUT2D eigenvalue weighted by molar-refractivity contribution is -0.131. The number of benzene rings is 1. The fourth-order valence-corrected chi connectivity index (χ4v) is 3.84. The number of carbonyl (C=O) groups excluding carboxylic acids is 2. The molecule has 1 atom stereocenters. The number of amides is 3. The third-order valence-electron chi connectivity index (χ3n) is 4.97. The van der Waals surface area contributed by atoms with E-state index >= 15 is 0 Å². The number of nitrogens with one attached hydrogen (secondary N) is 1. The summed E-state index contributed by atoms with van der Waals surface area (Å²) in [7, 11) is 0. The van der Waals surface area contributed by atoms with Crippen molar-refractivity contribution in [3.05, 3.63) is 58.1 Å². The number of hydrogen-bond acceptors (Lipinski definition) is 6. The summed E-state index contributed by atoms with van der Waals surface area (Å²) in [6, 6.07) is 9.15. The molecular formula is C20H20N4O3S. The van der Waals surface area contributed by atoms with Crippen molar-refractivity contribution in [2.45, 2.75) is 38.8 Å². The molecule has 0 unspecified atom stereocenters. The first-order valence-electron chi connectivity index (χ1n) is 8.98. The Kier molecular flexibility index (Phi) is 4.50. The molecular weight excluding hydrogens is 376 g/mol. The summed E-state index contributed by atoms with van der Waals surface area (Å²) in [5.74, 6) is 0.701. The summed E-state index contributed by atoms with van der Waals surface area (Å²) in [5, 5.41) is 10.5. The number of aromatic nitrogens is 2. The fourth-order valence-electron chi connectivity index (χ4n) is 3.20. The molecule has 7 nitrogen and oxygen atoms in total. The number of nitrogens with zero attached hydrogens (tertiary/aromatic N) is 3. The minimum absolute atomic E-state index is 0.0680. The van der Waals surface area contributed by atoms with E-state index in [9.17, 15) is 9.59 Å². The minimum atomic E-state index is -1.12. The Hall–Kier alpha value is -3.00. The molecule has 4 rings (SSSR count). The van der Waals surface area contributed by atoms with Crippen LogP contribution in [0.4, 0.5) is 4.79 Å². The van der Waals surface area contributed by atoms with Gasteiger partial charge in [-0.3, -0.25) is 9.69 Å². The third-order valence-corrected chi connectivity index (χ3v) is 5.65. The van der Waals surface area contributed by atoms with Crippen molar-refractivity contribution in [1.82, 2.24) is 20.4 Å². The van der Waals surface area contributed by atoms with Crippen molar-refractivity contribution in [3.63, 3.8) is 0 Å². The first-order valence-corrected chi connectivity index (χ1v) is 9.92. The predicted molar refractivity (Wildman–Crippen MR) is 105 cm³/mol. The lowest BCUT2D eigenvalue weighted by atomic mass is 9.90. The van der Waals surface area contributed by atoms with Crippen molar-refractivity contribution in [3.8, 4) is 11.4 Å². The zero-order chi connectivity index (χ0) is 19.9. The van der Waals surface area contributed by atoms with Crippen LogP contribution >= 0.6 is 11.3 Å². The molecule has 2 aromatic heterocycles. The van der Waals surface area contributed by atoms with E-state index in [1.54, 1.807) is 6.92 Å². The number of rotatable bonds is 5.